The lowest BCUT2D eigenvalue weighted by Crippen LogP contribution is -2.49. The standard InChI is InChI=1S/C5H8INO/c1-4(8)7-2-5(6)3-7/h5H,2-3H2,1H3. The van der Waals surface area contributed by atoms with Crippen LogP contribution in [0, 0.1) is 0 Å². The molecule has 1 aliphatic heterocycles. The Kier molecular flexibility index (Phi) is 1.74. The third-order valence-electron chi connectivity index (χ3n) is 1.28. The van der Waals surface area contributed by atoms with Gasteiger partial charge in [0.25, 0.3) is 0 Å². The first kappa shape index (κ1) is 6.32. The molecule has 1 rings (SSSR count). The molecular formula is C5H8INO. The van der Waals surface area contributed by atoms with Gasteiger partial charge in [0.05, 0.1) is 0 Å². The molecular weight excluding hydrogens is 217 g/mol. The van der Waals surface area contributed by atoms with E-state index in [2.05, 4.69) is 22.6 Å². The van der Waals surface area contributed by atoms with E-state index in [1.807, 2.05) is 4.90 Å². The lowest BCUT2D eigenvalue weighted by atomic mass is 10.2. The average Bonchev–Trinajstić information content (AvgIpc) is 1.57. The summed E-state index contributed by atoms with van der Waals surface area (Å²) in [6.07, 6.45) is 0. The van der Waals surface area contributed by atoms with E-state index in [0.717, 1.165) is 13.1 Å². The maximum atomic E-state index is 10.5. The molecule has 1 heterocycles. The molecule has 8 heavy (non-hydrogen) atoms. The van der Waals surface area contributed by atoms with Gasteiger partial charge in [-0.1, -0.05) is 22.6 Å². The molecule has 0 bridgehead atoms. The maximum absolute atomic E-state index is 10.5. The highest BCUT2D eigenvalue weighted by molar-refractivity contribution is 14.1. The van der Waals surface area contributed by atoms with Gasteiger partial charge in [0, 0.05) is 23.9 Å². The van der Waals surface area contributed by atoms with Crippen LogP contribution in [0.5, 0.6) is 0 Å². The van der Waals surface area contributed by atoms with Gasteiger partial charge in [-0.25, -0.2) is 0 Å². The lowest BCUT2D eigenvalue weighted by Gasteiger charge is -2.34. The van der Waals surface area contributed by atoms with Crippen LogP contribution in [0.25, 0.3) is 0 Å². The highest BCUT2D eigenvalue weighted by atomic mass is 127. The van der Waals surface area contributed by atoms with Crippen LogP contribution >= 0.6 is 22.6 Å². The van der Waals surface area contributed by atoms with Crippen molar-refractivity contribution in [3.05, 3.63) is 0 Å². The van der Waals surface area contributed by atoms with Gasteiger partial charge in [0.1, 0.15) is 0 Å². The molecule has 3 heteroatoms. The van der Waals surface area contributed by atoms with Crippen LogP contribution in [-0.4, -0.2) is 27.8 Å². The predicted octanol–water partition coefficient (Wildman–Crippen LogP) is 0.652. The van der Waals surface area contributed by atoms with Crippen molar-refractivity contribution in [2.75, 3.05) is 13.1 Å². The van der Waals surface area contributed by atoms with Crippen LogP contribution in [0.4, 0.5) is 0 Å². The van der Waals surface area contributed by atoms with Gasteiger partial charge in [0.2, 0.25) is 5.91 Å². The first-order chi connectivity index (χ1) is 3.70. The Labute approximate surface area is 62.4 Å². The second-order valence-electron chi connectivity index (χ2n) is 2.02. The summed E-state index contributed by atoms with van der Waals surface area (Å²) in [4.78, 5) is 12.3. The number of hydrogen-bond donors (Lipinski definition) is 0. The fourth-order valence-electron chi connectivity index (χ4n) is 0.682. The van der Waals surface area contributed by atoms with Gasteiger partial charge in [-0.3, -0.25) is 4.79 Å². The predicted molar refractivity (Wildman–Crippen MR) is 40.1 cm³/mol. The highest BCUT2D eigenvalue weighted by Crippen LogP contribution is 2.15. The van der Waals surface area contributed by atoms with E-state index in [-0.39, 0.29) is 5.91 Å². The maximum Gasteiger partial charge on any atom is 0.219 e. The van der Waals surface area contributed by atoms with E-state index < -0.39 is 0 Å². The van der Waals surface area contributed by atoms with E-state index in [1.54, 1.807) is 6.92 Å². The zero-order valence-electron chi connectivity index (χ0n) is 4.72. The second-order valence-corrected chi connectivity index (χ2v) is 3.78. The van der Waals surface area contributed by atoms with Gasteiger partial charge in [-0.05, 0) is 0 Å². The fourth-order valence-corrected chi connectivity index (χ4v) is 1.63. The van der Waals surface area contributed by atoms with Crippen molar-refractivity contribution in [1.82, 2.24) is 4.90 Å². The van der Waals surface area contributed by atoms with Crippen molar-refractivity contribution in [3.8, 4) is 0 Å². The Morgan fingerprint density at radius 2 is 2.25 bits per heavy atom. The Morgan fingerprint density at radius 1 is 1.75 bits per heavy atom. The number of halogens is 1. The molecule has 1 amide bonds. The van der Waals surface area contributed by atoms with Crippen molar-refractivity contribution in [3.63, 3.8) is 0 Å². The van der Waals surface area contributed by atoms with Crippen molar-refractivity contribution in [2.24, 2.45) is 0 Å². The number of rotatable bonds is 0. The first-order valence-corrected chi connectivity index (χ1v) is 3.84. The second kappa shape index (κ2) is 2.21. The van der Waals surface area contributed by atoms with Crippen molar-refractivity contribution < 1.29 is 4.79 Å². The van der Waals surface area contributed by atoms with Gasteiger partial charge < -0.3 is 4.90 Å². The molecule has 0 radical (unpaired) electrons. The van der Waals surface area contributed by atoms with E-state index in [4.69, 9.17) is 0 Å². The largest absolute Gasteiger partial charge is 0.341 e. The average molecular weight is 225 g/mol. The monoisotopic (exact) mass is 225 g/mol. The number of nitrogens with zero attached hydrogens (tertiary/aromatic N) is 1. The Morgan fingerprint density at radius 3 is 2.38 bits per heavy atom. The Balaban J connectivity index is 2.25. The summed E-state index contributed by atoms with van der Waals surface area (Å²) in [6.45, 7) is 3.52. The molecule has 0 aromatic heterocycles. The number of carbonyl (C=O) groups is 1. The summed E-state index contributed by atoms with van der Waals surface area (Å²) in [5.74, 6) is 0.206. The molecule has 0 N–H and O–H groups in total. The van der Waals surface area contributed by atoms with Gasteiger partial charge >= 0.3 is 0 Å². The number of carbonyl (C=O) groups excluding carboxylic acids is 1. The van der Waals surface area contributed by atoms with Crippen molar-refractivity contribution >= 4 is 28.5 Å². The lowest BCUT2D eigenvalue weighted by molar-refractivity contribution is -0.131. The third-order valence-corrected chi connectivity index (χ3v) is 2.07. The van der Waals surface area contributed by atoms with Crippen LogP contribution in [-0.2, 0) is 4.79 Å². The number of amides is 1. The Hall–Kier alpha value is 0.200. The SMILES string of the molecule is CC(=O)N1CC(I)C1. The molecule has 0 spiro atoms. The summed E-state index contributed by atoms with van der Waals surface area (Å²) >= 11 is 2.35. The summed E-state index contributed by atoms with van der Waals surface area (Å²) in [5.41, 5.74) is 0. The molecule has 0 aromatic carbocycles. The van der Waals surface area contributed by atoms with Crippen LogP contribution in [0.1, 0.15) is 6.92 Å². The van der Waals surface area contributed by atoms with Crippen LogP contribution < -0.4 is 0 Å². The van der Waals surface area contributed by atoms with Crippen molar-refractivity contribution in [1.29, 1.82) is 0 Å². The summed E-state index contributed by atoms with van der Waals surface area (Å²) in [5, 5.41) is 0. The van der Waals surface area contributed by atoms with E-state index in [9.17, 15) is 4.79 Å². The van der Waals surface area contributed by atoms with Gasteiger partial charge in [-0.15, -0.1) is 0 Å². The molecule has 1 fully saturated rings. The quantitative estimate of drug-likeness (QED) is 0.438. The van der Waals surface area contributed by atoms with Crippen LogP contribution in [0.3, 0.4) is 0 Å². The normalized spacial score (nSPS) is 20.5. The first-order valence-electron chi connectivity index (χ1n) is 2.59. The summed E-state index contributed by atoms with van der Waals surface area (Å²) in [6, 6.07) is 0. The molecule has 0 aromatic rings. The minimum absolute atomic E-state index is 0.206. The fraction of sp³-hybridized carbons (Fsp3) is 0.800. The van der Waals surface area contributed by atoms with E-state index >= 15 is 0 Å². The van der Waals surface area contributed by atoms with Gasteiger partial charge in [0.15, 0.2) is 0 Å². The summed E-state index contributed by atoms with van der Waals surface area (Å²) < 4.78 is 0.705. The topological polar surface area (TPSA) is 20.3 Å². The van der Waals surface area contributed by atoms with Crippen molar-refractivity contribution in [2.45, 2.75) is 10.8 Å². The smallest absolute Gasteiger partial charge is 0.219 e. The van der Waals surface area contributed by atoms with Gasteiger partial charge in [-0.2, -0.15) is 0 Å². The molecule has 2 nitrogen and oxygen atoms in total. The molecule has 0 atom stereocenters. The third kappa shape index (κ3) is 1.13. The number of likely N-dealkylation sites (tertiary alicyclic amines) is 1. The Bertz CT molecular complexity index is 109. The molecule has 46 valence electrons. The molecule has 0 unspecified atom stereocenters. The van der Waals surface area contributed by atoms with Crippen LogP contribution in [0.15, 0.2) is 0 Å². The molecule has 1 saturated heterocycles. The zero-order valence-corrected chi connectivity index (χ0v) is 6.88. The highest BCUT2D eigenvalue weighted by Gasteiger charge is 2.25. The molecule has 0 saturated carbocycles. The summed E-state index contributed by atoms with van der Waals surface area (Å²) in [7, 11) is 0. The minimum Gasteiger partial charge on any atom is -0.341 e. The van der Waals surface area contributed by atoms with E-state index in [1.165, 1.54) is 0 Å². The zero-order chi connectivity index (χ0) is 6.15. The van der Waals surface area contributed by atoms with E-state index in [0.29, 0.717) is 3.92 Å². The number of alkyl halides is 1. The van der Waals surface area contributed by atoms with Crippen LogP contribution in [0.2, 0.25) is 0 Å². The molecule has 0 aliphatic carbocycles. The number of hydrogen-bond acceptors (Lipinski definition) is 1. The molecule has 1 aliphatic rings. The minimum atomic E-state index is 0.206.